The number of hydrogen-bond donors (Lipinski definition) is 1. The van der Waals surface area contributed by atoms with E-state index in [1.54, 1.807) is 0 Å². The van der Waals surface area contributed by atoms with Crippen LogP contribution in [0.25, 0.3) is 0 Å². The zero-order chi connectivity index (χ0) is 17.2. The van der Waals surface area contributed by atoms with Gasteiger partial charge in [0.05, 0.1) is 31.9 Å². The molecule has 0 aromatic heterocycles. The van der Waals surface area contributed by atoms with Crippen molar-refractivity contribution in [2.75, 3.05) is 13.2 Å². The number of nitrogens with zero attached hydrogens (tertiary/aromatic N) is 1. The summed E-state index contributed by atoms with van der Waals surface area (Å²) in [6, 6.07) is 15.9. The number of fused-ring (bicyclic) bond motifs is 1. The van der Waals surface area contributed by atoms with E-state index in [0.717, 1.165) is 41.5 Å². The molecule has 0 saturated carbocycles. The fourth-order valence-electron chi connectivity index (χ4n) is 4.13. The van der Waals surface area contributed by atoms with Gasteiger partial charge in [-0.3, -0.25) is 4.79 Å². The Morgan fingerprint density at radius 2 is 1.96 bits per heavy atom. The Kier molecular flexibility index (Phi) is 4.55. The van der Waals surface area contributed by atoms with Crippen molar-refractivity contribution in [3.63, 3.8) is 0 Å². The normalized spacial score (nSPS) is 22.7. The van der Waals surface area contributed by atoms with Crippen LogP contribution in [0.3, 0.4) is 0 Å². The van der Waals surface area contributed by atoms with Crippen LogP contribution < -0.4 is 0 Å². The number of rotatable bonds is 3. The fraction of sp³-hybridized carbons (Fsp3) is 0.381. The number of hydrogen-bond acceptors (Lipinski definition) is 3. The molecule has 0 aliphatic carbocycles. The molecule has 1 amide bonds. The van der Waals surface area contributed by atoms with Gasteiger partial charge >= 0.3 is 0 Å². The number of amides is 1. The summed E-state index contributed by atoms with van der Waals surface area (Å²) in [6.07, 6.45) is 2.49. The quantitative estimate of drug-likeness (QED) is 0.936. The Morgan fingerprint density at radius 1 is 1.12 bits per heavy atom. The van der Waals surface area contributed by atoms with E-state index in [1.807, 2.05) is 41.3 Å². The number of ether oxygens (including phenoxy) is 1. The van der Waals surface area contributed by atoms with Crippen LogP contribution in [0.4, 0.5) is 0 Å². The summed E-state index contributed by atoms with van der Waals surface area (Å²) in [5, 5.41) is 9.82. The SMILES string of the molecule is O=C(c1cccc2c1CCOC2)N1C(CO)CCC1c1ccccc1. The van der Waals surface area contributed by atoms with Crippen LogP contribution in [0.1, 0.15) is 45.9 Å². The monoisotopic (exact) mass is 337 g/mol. The van der Waals surface area contributed by atoms with Crippen molar-refractivity contribution >= 4 is 5.91 Å². The summed E-state index contributed by atoms with van der Waals surface area (Å²) < 4.78 is 5.52. The minimum absolute atomic E-state index is 0.00715. The summed E-state index contributed by atoms with van der Waals surface area (Å²) >= 11 is 0. The molecule has 2 aromatic carbocycles. The van der Waals surface area contributed by atoms with Gasteiger partial charge in [0.1, 0.15) is 0 Å². The van der Waals surface area contributed by atoms with E-state index in [9.17, 15) is 9.90 Å². The molecule has 4 rings (SSSR count). The summed E-state index contributed by atoms with van der Waals surface area (Å²) in [4.78, 5) is 15.3. The molecule has 1 N–H and O–H groups in total. The largest absolute Gasteiger partial charge is 0.394 e. The predicted molar refractivity (Wildman–Crippen MR) is 95.3 cm³/mol. The zero-order valence-electron chi connectivity index (χ0n) is 14.2. The molecule has 0 spiro atoms. The van der Waals surface area contributed by atoms with Gasteiger partial charge in [0.15, 0.2) is 0 Å². The summed E-state index contributed by atoms with van der Waals surface area (Å²) in [6.45, 7) is 1.23. The molecule has 1 saturated heterocycles. The summed E-state index contributed by atoms with van der Waals surface area (Å²) in [7, 11) is 0. The molecule has 25 heavy (non-hydrogen) atoms. The average molecular weight is 337 g/mol. The van der Waals surface area contributed by atoms with Crippen molar-refractivity contribution in [3.8, 4) is 0 Å². The van der Waals surface area contributed by atoms with Crippen LogP contribution in [-0.2, 0) is 17.8 Å². The minimum atomic E-state index is -0.117. The maximum Gasteiger partial charge on any atom is 0.254 e. The average Bonchev–Trinajstić information content (AvgIpc) is 3.12. The van der Waals surface area contributed by atoms with Crippen molar-refractivity contribution in [1.82, 2.24) is 4.90 Å². The van der Waals surface area contributed by atoms with Crippen LogP contribution in [0.2, 0.25) is 0 Å². The third-order valence-corrected chi connectivity index (χ3v) is 5.39. The number of aliphatic hydroxyl groups excluding tert-OH is 1. The predicted octanol–water partition coefficient (Wildman–Crippen LogP) is 3.10. The van der Waals surface area contributed by atoms with Gasteiger partial charge in [-0.2, -0.15) is 0 Å². The molecular weight excluding hydrogens is 314 g/mol. The van der Waals surface area contributed by atoms with Gasteiger partial charge in [-0.25, -0.2) is 0 Å². The number of likely N-dealkylation sites (tertiary alicyclic amines) is 1. The molecule has 0 bridgehead atoms. The minimum Gasteiger partial charge on any atom is -0.394 e. The van der Waals surface area contributed by atoms with Crippen LogP contribution in [0.15, 0.2) is 48.5 Å². The molecular formula is C21H23NO3. The first kappa shape index (κ1) is 16.3. The van der Waals surface area contributed by atoms with Gasteiger partial charge in [-0.05, 0) is 42.0 Å². The van der Waals surface area contributed by atoms with E-state index in [0.29, 0.717) is 13.2 Å². The molecule has 130 valence electrons. The van der Waals surface area contributed by atoms with Gasteiger partial charge < -0.3 is 14.7 Å². The van der Waals surface area contributed by atoms with Gasteiger partial charge in [-0.15, -0.1) is 0 Å². The van der Waals surface area contributed by atoms with Gasteiger partial charge in [0.2, 0.25) is 0 Å². The highest BCUT2D eigenvalue weighted by Crippen LogP contribution is 2.38. The highest BCUT2D eigenvalue weighted by molar-refractivity contribution is 5.96. The smallest absolute Gasteiger partial charge is 0.254 e. The van der Waals surface area contributed by atoms with Crippen LogP contribution in [0, 0.1) is 0 Å². The number of aliphatic hydroxyl groups is 1. The topological polar surface area (TPSA) is 49.8 Å². The van der Waals surface area contributed by atoms with Crippen molar-refractivity contribution in [3.05, 3.63) is 70.8 Å². The second-order valence-electron chi connectivity index (χ2n) is 6.80. The van der Waals surface area contributed by atoms with Gasteiger partial charge in [0.25, 0.3) is 5.91 Å². The highest BCUT2D eigenvalue weighted by Gasteiger charge is 2.38. The lowest BCUT2D eigenvalue weighted by molar-refractivity contribution is 0.0589. The van der Waals surface area contributed by atoms with E-state index in [4.69, 9.17) is 4.74 Å². The van der Waals surface area contributed by atoms with Crippen molar-refractivity contribution in [1.29, 1.82) is 0 Å². The van der Waals surface area contributed by atoms with Crippen LogP contribution in [-0.4, -0.2) is 35.2 Å². The van der Waals surface area contributed by atoms with Crippen molar-refractivity contribution in [2.24, 2.45) is 0 Å². The number of carbonyl (C=O) groups is 1. The molecule has 2 aliphatic heterocycles. The first-order valence-corrected chi connectivity index (χ1v) is 8.96. The molecule has 4 nitrogen and oxygen atoms in total. The lowest BCUT2D eigenvalue weighted by atomic mass is 9.95. The standard InChI is InChI=1S/C21H23NO3/c23-13-17-9-10-20(15-5-2-1-3-6-15)22(17)21(24)19-8-4-7-16-14-25-12-11-18(16)19/h1-8,17,20,23H,9-14H2. The molecule has 2 aliphatic rings. The van der Waals surface area contributed by atoms with Crippen molar-refractivity contribution in [2.45, 2.75) is 38.0 Å². The Bertz CT molecular complexity index is 759. The maximum atomic E-state index is 13.4. The lowest BCUT2D eigenvalue weighted by Gasteiger charge is -2.31. The summed E-state index contributed by atoms with van der Waals surface area (Å²) in [5.74, 6) is 0.0316. The van der Waals surface area contributed by atoms with Gasteiger partial charge in [0, 0.05) is 5.56 Å². The number of carbonyl (C=O) groups excluding carboxylic acids is 1. The van der Waals surface area contributed by atoms with E-state index in [-0.39, 0.29) is 24.6 Å². The molecule has 2 unspecified atom stereocenters. The van der Waals surface area contributed by atoms with Crippen LogP contribution in [0.5, 0.6) is 0 Å². The molecule has 4 heteroatoms. The second kappa shape index (κ2) is 6.98. The van der Waals surface area contributed by atoms with Gasteiger partial charge in [-0.1, -0.05) is 42.5 Å². The van der Waals surface area contributed by atoms with Crippen LogP contribution >= 0.6 is 0 Å². The Balaban J connectivity index is 1.72. The Morgan fingerprint density at radius 3 is 2.76 bits per heavy atom. The Hall–Kier alpha value is -2.17. The van der Waals surface area contributed by atoms with E-state index in [2.05, 4.69) is 12.1 Å². The number of benzene rings is 2. The molecule has 2 aromatic rings. The van der Waals surface area contributed by atoms with E-state index < -0.39 is 0 Å². The second-order valence-corrected chi connectivity index (χ2v) is 6.80. The third kappa shape index (κ3) is 2.96. The first-order valence-electron chi connectivity index (χ1n) is 8.96. The maximum absolute atomic E-state index is 13.4. The first-order chi connectivity index (χ1) is 12.3. The summed E-state index contributed by atoms with van der Waals surface area (Å²) in [5.41, 5.74) is 4.12. The van der Waals surface area contributed by atoms with E-state index in [1.165, 1.54) is 0 Å². The zero-order valence-corrected chi connectivity index (χ0v) is 14.2. The molecule has 2 atom stereocenters. The molecule has 1 fully saturated rings. The fourth-order valence-corrected chi connectivity index (χ4v) is 4.13. The van der Waals surface area contributed by atoms with Crippen molar-refractivity contribution < 1.29 is 14.6 Å². The van der Waals surface area contributed by atoms with E-state index >= 15 is 0 Å². The lowest BCUT2D eigenvalue weighted by Crippen LogP contribution is -2.40. The molecule has 2 heterocycles. The molecule has 0 radical (unpaired) electrons. The Labute approximate surface area is 148 Å². The third-order valence-electron chi connectivity index (χ3n) is 5.39. The highest BCUT2D eigenvalue weighted by atomic mass is 16.5.